The number of likely N-dealkylation sites (tertiary alicyclic amines) is 1. The van der Waals surface area contributed by atoms with E-state index in [-0.39, 0.29) is 6.04 Å². The van der Waals surface area contributed by atoms with Crippen molar-refractivity contribution in [3.63, 3.8) is 0 Å². The summed E-state index contributed by atoms with van der Waals surface area (Å²) in [5, 5.41) is 9.49. The molecule has 1 aromatic heterocycles. The van der Waals surface area contributed by atoms with E-state index in [1.807, 2.05) is 12.1 Å². The van der Waals surface area contributed by atoms with Crippen LogP contribution >= 0.6 is 0 Å². The Morgan fingerprint density at radius 2 is 2.21 bits per heavy atom. The second kappa shape index (κ2) is 5.00. The Morgan fingerprint density at radius 1 is 1.42 bits per heavy atom. The summed E-state index contributed by atoms with van der Waals surface area (Å²) in [6, 6.07) is 3.65. The lowest BCUT2D eigenvalue weighted by atomic mass is 9.94. The van der Waals surface area contributed by atoms with E-state index < -0.39 is 5.97 Å². The highest BCUT2D eigenvalue weighted by molar-refractivity contribution is 5.74. The van der Waals surface area contributed by atoms with Gasteiger partial charge in [0.05, 0.1) is 6.54 Å². The average Bonchev–Trinajstić information content (AvgIpc) is 3.03. The first-order chi connectivity index (χ1) is 9.19. The number of furan rings is 1. The van der Waals surface area contributed by atoms with Crippen LogP contribution in [0.25, 0.3) is 0 Å². The molecule has 1 aliphatic carbocycles. The highest BCUT2D eigenvalue weighted by Crippen LogP contribution is 2.42. The molecular weight excluding hydrogens is 242 g/mol. The lowest BCUT2D eigenvalue weighted by Gasteiger charge is -2.23. The minimum Gasteiger partial charge on any atom is -0.480 e. The predicted octanol–water partition coefficient (Wildman–Crippen LogP) is 2.53. The van der Waals surface area contributed by atoms with E-state index in [1.165, 1.54) is 12.8 Å². The summed E-state index contributed by atoms with van der Waals surface area (Å²) in [5.74, 6) is 2.11. The normalized spacial score (nSPS) is 30.7. The molecule has 3 rings (SSSR count). The fourth-order valence-corrected chi connectivity index (χ4v) is 3.79. The quantitative estimate of drug-likeness (QED) is 0.907. The van der Waals surface area contributed by atoms with Crippen molar-refractivity contribution in [1.82, 2.24) is 4.90 Å². The molecule has 104 valence electrons. The van der Waals surface area contributed by atoms with Crippen molar-refractivity contribution in [3.05, 3.63) is 23.7 Å². The first-order valence-electron chi connectivity index (χ1n) is 7.23. The molecule has 0 aromatic carbocycles. The zero-order valence-corrected chi connectivity index (χ0v) is 11.3. The molecule has 1 saturated carbocycles. The highest BCUT2D eigenvalue weighted by atomic mass is 16.4. The maximum absolute atomic E-state index is 11.5. The predicted molar refractivity (Wildman–Crippen MR) is 70.8 cm³/mol. The van der Waals surface area contributed by atoms with Crippen molar-refractivity contribution >= 4 is 5.97 Å². The third-order valence-corrected chi connectivity index (χ3v) is 4.66. The standard InChI is InChI=1S/C15H21NO3/c1-2-11-6-7-12(19-11)9-16-8-10-4-3-5-13(10)14(16)15(17)18/h6-7,10,13-14H,2-5,8-9H2,1H3,(H,17,18). The van der Waals surface area contributed by atoms with Crippen molar-refractivity contribution in [2.24, 2.45) is 11.8 Å². The first kappa shape index (κ1) is 12.7. The molecule has 0 spiro atoms. The van der Waals surface area contributed by atoms with Crippen LogP contribution in [0.1, 0.15) is 37.7 Å². The van der Waals surface area contributed by atoms with Crippen LogP contribution in [0.15, 0.2) is 16.5 Å². The summed E-state index contributed by atoms with van der Waals surface area (Å²) in [5.41, 5.74) is 0. The lowest BCUT2D eigenvalue weighted by Crippen LogP contribution is -2.39. The fraction of sp³-hybridized carbons (Fsp3) is 0.667. The number of carboxylic acids is 1. The molecule has 4 nitrogen and oxygen atoms in total. The number of aliphatic carboxylic acids is 1. The zero-order valence-electron chi connectivity index (χ0n) is 11.3. The minimum atomic E-state index is -0.670. The van der Waals surface area contributed by atoms with Gasteiger partial charge in [0.15, 0.2) is 0 Å². The van der Waals surface area contributed by atoms with E-state index in [0.29, 0.717) is 18.4 Å². The third-order valence-electron chi connectivity index (χ3n) is 4.66. The summed E-state index contributed by atoms with van der Waals surface area (Å²) in [6.07, 6.45) is 4.32. The molecule has 1 aromatic rings. The van der Waals surface area contributed by atoms with E-state index in [4.69, 9.17) is 4.42 Å². The van der Waals surface area contributed by atoms with E-state index in [9.17, 15) is 9.90 Å². The summed E-state index contributed by atoms with van der Waals surface area (Å²) in [6.45, 7) is 3.59. The molecule has 1 saturated heterocycles. The van der Waals surface area contributed by atoms with Crippen LogP contribution in [0.5, 0.6) is 0 Å². The Kier molecular flexibility index (Phi) is 3.35. The summed E-state index contributed by atoms with van der Waals surface area (Å²) >= 11 is 0. The van der Waals surface area contributed by atoms with Gasteiger partial charge in [0, 0.05) is 13.0 Å². The molecule has 2 heterocycles. The van der Waals surface area contributed by atoms with Crippen LogP contribution < -0.4 is 0 Å². The molecule has 0 radical (unpaired) electrons. The number of rotatable bonds is 4. The smallest absolute Gasteiger partial charge is 0.321 e. The summed E-state index contributed by atoms with van der Waals surface area (Å²) < 4.78 is 5.71. The lowest BCUT2D eigenvalue weighted by molar-refractivity contribution is -0.143. The number of aryl methyl sites for hydroxylation is 1. The van der Waals surface area contributed by atoms with E-state index in [0.717, 1.165) is 30.9 Å². The zero-order chi connectivity index (χ0) is 13.4. The Balaban J connectivity index is 1.74. The molecule has 0 bridgehead atoms. The van der Waals surface area contributed by atoms with Gasteiger partial charge in [0.2, 0.25) is 0 Å². The monoisotopic (exact) mass is 263 g/mol. The highest BCUT2D eigenvalue weighted by Gasteiger charge is 2.47. The van der Waals surface area contributed by atoms with Crippen LogP contribution in [0, 0.1) is 11.8 Å². The van der Waals surface area contributed by atoms with E-state index in [1.54, 1.807) is 0 Å². The Hall–Kier alpha value is -1.29. The summed E-state index contributed by atoms with van der Waals surface area (Å²) in [4.78, 5) is 13.6. The minimum absolute atomic E-state index is 0.317. The number of fused-ring (bicyclic) bond motifs is 1. The largest absolute Gasteiger partial charge is 0.480 e. The van der Waals surface area contributed by atoms with Crippen LogP contribution in [-0.2, 0) is 17.8 Å². The number of nitrogens with zero attached hydrogens (tertiary/aromatic N) is 1. The van der Waals surface area contributed by atoms with Gasteiger partial charge in [0.1, 0.15) is 17.6 Å². The van der Waals surface area contributed by atoms with Crippen LogP contribution in [0.4, 0.5) is 0 Å². The molecule has 2 fully saturated rings. The first-order valence-corrected chi connectivity index (χ1v) is 7.23. The van der Waals surface area contributed by atoms with E-state index >= 15 is 0 Å². The van der Waals surface area contributed by atoms with Crippen LogP contribution in [0.2, 0.25) is 0 Å². The molecule has 3 unspecified atom stereocenters. The van der Waals surface area contributed by atoms with Gasteiger partial charge in [0.25, 0.3) is 0 Å². The Labute approximate surface area is 113 Å². The molecule has 19 heavy (non-hydrogen) atoms. The molecule has 0 amide bonds. The molecule has 1 aliphatic heterocycles. The number of carbonyl (C=O) groups is 1. The molecule has 3 atom stereocenters. The van der Waals surface area contributed by atoms with Gasteiger partial charge in [-0.15, -0.1) is 0 Å². The summed E-state index contributed by atoms with van der Waals surface area (Å²) in [7, 11) is 0. The van der Waals surface area contributed by atoms with Gasteiger partial charge in [-0.05, 0) is 36.8 Å². The third kappa shape index (κ3) is 2.29. The van der Waals surface area contributed by atoms with Crippen LogP contribution in [-0.4, -0.2) is 28.6 Å². The Bertz CT molecular complexity index is 468. The Morgan fingerprint density at radius 3 is 2.89 bits per heavy atom. The number of hydrogen-bond donors (Lipinski definition) is 1. The maximum Gasteiger partial charge on any atom is 0.321 e. The topological polar surface area (TPSA) is 53.7 Å². The maximum atomic E-state index is 11.5. The SMILES string of the molecule is CCc1ccc(CN2CC3CCCC3C2C(=O)O)o1. The molecular formula is C15H21NO3. The van der Waals surface area contributed by atoms with Crippen molar-refractivity contribution in [3.8, 4) is 0 Å². The van der Waals surface area contributed by atoms with E-state index in [2.05, 4.69) is 11.8 Å². The molecule has 2 aliphatic rings. The van der Waals surface area contributed by atoms with Crippen molar-refractivity contribution in [2.45, 2.75) is 45.2 Å². The van der Waals surface area contributed by atoms with Gasteiger partial charge < -0.3 is 9.52 Å². The molecule has 4 heteroatoms. The second-order valence-corrected chi connectivity index (χ2v) is 5.79. The van der Waals surface area contributed by atoms with Gasteiger partial charge in [-0.3, -0.25) is 9.69 Å². The number of carboxylic acid groups (broad SMARTS) is 1. The van der Waals surface area contributed by atoms with Gasteiger partial charge in [-0.2, -0.15) is 0 Å². The van der Waals surface area contributed by atoms with Crippen molar-refractivity contribution < 1.29 is 14.3 Å². The fourth-order valence-electron chi connectivity index (χ4n) is 3.79. The van der Waals surface area contributed by atoms with Crippen molar-refractivity contribution in [2.75, 3.05) is 6.54 Å². The van der Waals surface area contributed by atoms with Crippen molar-refractivity contribution in [1.29, 1.82) is 0 Å². The number of hydrogen-bond acceptors (Lipinski definition) is 3. The van der Waals surface area contributed by atoms with Gasteiger partial charge >= 0.3 is 5.97 Å². The van der Waals surface area contributed by atoms with Gasteiger partial charge in [-0.1, -0.05) is 13.3 Å². The second-order valence-electron chi connectivity index (χ2n) is 5.79. The average molecular weight is 263 g/mol. The van der Waals surface area contributed by atoms with Gasteiger partial charge in [-0.25, -0.2) is 0 Å². The molecule has 1 N–H and O–H groups in total. The van der Waals surface area contributed by atoms with Crippen LogP contribution in [0.3, 0.4) is 0 Å².